The fourth-order valence-electron chi connectivity index (χ4n) is 1.23. The average Bonchev–Trinajstić information content (AvgIpc) is 2.25. The van der Waals surface area contributed by atoms with Crippen LogP contribution in [0.15, 0.2) is 10.9 Å². The van der Waals surface area contributed by atoms with E-state index in [4.69, 9.17) is 0 Å². The number of rotatable bonds is 5. The third-order valence-corrected chi connectivity index (χ3v) is 3.82. The van der Waals surface area contributed by atoms with Gasteiger partial charge in [-0.15, -0.1) is 0 Å². The first-order valence-corrected chi connectivity index (χ1v) is 6.79. The van der Waals surface area contributed by atoms with E-state index in [1.54, 1.807) is 6.07 Å². The minimum absolute atomic E-state index is 0.0431. The van der Waals surface area contributed by atoms with Crippen LogP contribution in [0.5, 0.6) is 0 Å². The summed E-state index contributed by atoms with van der Waals surface area (Å²) in [4.78, 5) is 18.7. The van der Waals surface area contributed by atoms with Crippen molar-refractivity contribution in [3.8, 4) is 0 Å². The number of nitrogens with zero attached hydrogens (tertiary/aromatic N) is 1. The van der Waals surface area contributed by atoms with Crippen LogP contribution in [0.4, 0.5) is 0 Å². The Morgan fingerprint density at radius 1 is 1.44 bits per heavy atom. The van der Waals surface area contributed by atoms with E-state index in [0.29, 0.717) is 11.2 Å². The van der Waals surface area contributed by atoms with Crippen LogP contribution >= 0.6 is 11.8 Å². The van der Waals surface area contributed by atoms with Crippen molar-refractivity contribution in [2.75, 3.05) is 0 Å². The largest absolute Gasteiger partial charge is 0.310 e. The second-order valence-electron chi connectivity index (χ2n) is 4.30. The van der Waals surface area contributed by atoms with Crippen molar-refractivity contribution in [2.45, 2.75) is 51.0 Å². The molecule has 0 saturated heterocycles. The molecule has 1 N–H and O–H groups in total. The third kappa shape index (κ3) is 4.00. The van der Waals surface area contributed by atoms with Gasteiger partial charge in [-0.2, -0.15) is 11.8 Å². The topological polar surface area (TPSA) is 45.8 Å². The van der Waals surface area contributed by atoms with Crippen molar-refractivity contribution in [3.63, 3.8) is 0 Å². The van der Waals surface area contributed by atoms with Gasteiger partial charge in [-0.3, -0.25) is 4.79 Å². The van der Waals surface area contributed by atoms with Crippen LogP contribution in [-0.4, -0.2) is 15.2 Å². The van der Waals surface area contributed by atoms with Gasteiger partial charge in [0.05, 0.1) is 11.4 Å². The lowest BCUT2D eigenvalue weighted by Gasteiger charge is -2.09. The quantitative estimate of drug-likeness (QED) is 0.860. The summed E-state index contributed by atoms with van der Waals surface area (Å²) in [6.45, 7) is 8.45. The molecule has 0 bridgehead atoms. The molecular weight excluding hydrogens is 220 g/mol. The van der Waals surface area contributed by atoms with Gasteiger partial charge >= 0.3 is 0 Å². The van der Waals surface area contributed by atoms with Crippen LogP contribution in [0, 0.1) is 0 Å². The van der Waals surface area contributed by atoms with E-state index in [2.05, 4.69) is 23.8 Å². The lowest BCUT2D eigenvalue weighted by molar-refractivity contribution is 0.792. The Labute approximate surface area is 101 Å². The first kappa shape index (κ1) is 13.3. The number of hydrogen-bond donors (Lipinski definition) is 1. The maximum Gasteiger partial charge on any atom is 0.251 e. The molecule has 0 aliphatic carbocycles. The van der Waals surface area contributed by atoms with Crippen LogP contribution in [0.2, 0.25) is 0 Å². The van der Waals surface area contributed by atoms with E-state index in [-0.39, 0.29) is 5.56 Å². The maximum atomic E-state index is 11.4. The Kier molecular flexibility index (Phi) is 5.06. The Morgan fingerprint density at radius 2 is 2.12 bits per heavy atom. The van der Waals surface area contributed by atoms with Crippen LogP contribution in [0.25, 0.3) is 0 Å². The smallest absolute Gasteiger partial charge is 0.251 e. The van der Waals surface area contributed by atoms with Gasteiger partial charge in [-0.25, -0.2) is 4.98 Å². The summed E-state index contributed by atoms with van der Waals surface area (Å²) >= 11 is 1.83. The van der Waals surface area contributed by atoms with Gasteiger partial charge in [-0.05, 0) is 12.3 Å². The molecule has 0 amide bonds. The van der Waals surface area contributed by atoms with Gasteiger partial charge in [0.15, 0.2) is 0 Å². The second kappa shape index (κ2) is 6.09. The summed E-state index contributed by atoms with van der Waals surface area (Å²) in [5, 5.41) is 0.605. The highest BCUT2D eigenvalue weighted by atomic mass is 32.2. The first-order valence-electron chi connectivity index (χ1n) is 5.74. The lowest BCUT2D eigenvalue weighted by Crippen LogP contribution is -2.13. The molecule has 1 aromatic heterocycles. The van der Waals surface area contributed by atoms with E-state index in [9.17, 15) is 4.79 Å². The second-order valence-corrected chi connectivity index (χ2v) is 5.73. The highest BCUT2D eigenvalue weighted by molar-refractivity contribution is 7.99. The minimum Gasteiger partial charge on any atom is -0.310 e. The number of aromatic nitrogens is 2. The Hall–Kier alpha value is -0.770. The zero-order chi connectivity index (χ0) is 12.1. The van der Waals surface area contributed by atoms with Gasteiger partial charge in [0.2, 0.25) is 0 Å². The van der Waals surface area contributed by atoms with Gasteiger partial charge in [0, 0.05) is 11.3 Å². The minimum atomic E-state index is -0.0431. The van der Waals surface area contributed by atoms with Gasteiger partial charge in [-0.1, -0.05) is 27.7 Å². The lowest BCUT2D eigenvalue weighted by atomic mass is 10.1. The highest BCUT2D eigenvalue weighted by Gasteiger charge is 2.06. The van der Waals surface area contributed by atoms with Crippen LogP contribution in [0.3, 0.4) is 0 Å². The molecule has 0 radical (unpaired) electrons. The van der Waals surface area contributed by atoms with E-state index < -0.39 is 0 Å². The van der Waals surface area contributed by atoms with E-state index in [0.717, 1.165) is 23.7 Å². The monoisotopic (exact) mass is 240 g/mol. The highest BCUT2D eigenvalue weighted by Crippen LogP contribution is 2.18. The van der Waals surface area contributed by atoms with Gasteiger partial charge in [0.1, 0.15) is 5.82 Å². The molecule has 1 rings (SSSR count). The Bertz CT molecular complexity index is 387. The third-order valence-electron chi connectivity index (χ3n) is 2.48. The molecule has 4 heteroatoms. The van der Waals surface area contributed by atoms with Crippen molar-refractivity contribution in [3.05, 3.63) is 27.9 Å². The van der Waals surface area contributed by atoms with Crippen molar-refractivity contribution in [2.24, 2.45) is 0 Å². The molecule has 3 nitrogen and oxygen atoms in total. The summed E-state index contributed by atoms with van der Waals surface area (Å²) in [6, 6.07) is 1.59. The molecule has 0 fully saturated rings. The zero-order valence-corrected chi connectivity index (χ0v) is 11.2. The average molecular weight is 240 g/mol. The van der Waals surface area contributed by atoms with E-state index >= 15 is 0 Å². The standard InChI is InChI=1S/C12H20N2OS/c1-5-9(4)16-7-11-13-10(8(2)3)6-12(15)14-11/h6,8-9H,5,7H2,1-4H3,(H,13,14,15). The van der Waals surface area contributed by atoms with Crippen LogP contribution in [-0.2, 0) is 5.75 Å². The molecule has 1 unspecified atom stereocenters. The normalized spacial score (nSPS) is 13.1. The maximum absolute atomic E-state index is 11.4. The Morgan fingerprint density at radius 3 is 2.69 bits per heavy atom. The van der Waals surface area contributed by atoms with Crippen molar-refractivity contribution in [1.29, 1.82) is 0 Å². The molecule has 0 aliphatic heterocycles. The van der Waals surface area contributed by atoms with Gasteiger partial charge in [0.25, 0.3) is 5.56 Å². The summed E-state index contributed by atoms with van der Waals surface area (Å²) in [7, 11) is 0. The fourth-order valence-corrected chi connectivity index (χ4v) is 2.05. The molecule has 16 heavy (non-hydrogen) atoms. The summed E-state index contributed by atoms with van der Waals surface area (Å²) < 4.78 is 0. The summed E-state index contributed by atoms with van der Waals surface area (Å²) in [5.41, 5.74) is 0.835. The number of thioether (sulfide) groups is 1. The molecule has 1 atom stereocenters. The van der Waals surface area contributed by atoms with Crippen LogP contribution in [0.1, 0.15) is 51.6 Å². The van der Waals surface area contributed by atoms with Crippen LogP contribution < -0.4 is 5.56 Å². The number of aromatic amines is 1. The SMILES string of the molecule is CCC(C)SCc1nc(C(C)C)cc(=O)[nH]1. The first-order chi connectivity index (χ1) is 7.52. The molecular formula is C12H20N2OS. The van der Waals surface area contributed by atoms with E-state index in [1.807, 2.05) is 25.6 Å². The van der Waals surface area contributed by atoms with E-state index in [1.165, 1.54) is 0 Å². The van der Waals surface area contributed by atoms with Gasteiger partial charge < -0.3 is 4.98 Å². The number of H-pyrrole nitrogens is 1. The number of hydrogen-bond acceptors (Lipinski definition) is 3. The molecule has 1 aromatic rings. The Balaban J connectivity index is 2.77. The molecule has 0 aliphatic rings. The zero-order valence-electron chi connectivity index (χ0n) is 10.4. The molecule has 90 valence electrons. The predicted molar refractivity (Wildman–Crippen MR) is 70.0 cm³/mol. The molecule has 0 saturated carbocycles. The van der Waals surface area contributed by atoms with Crippen molar-refractivity contribution < 1.29 is 0 Å². The predicted octanol–water partition coefficient (Wildman–Crippen LogP) is 2.93. The molecule has 0 aromatic carbocycles. The fraction of sp³-hybridized carbons (Fsp3) is 0.667. The summed E-state index contributed by atoms with van der Waals surface area (Å²) in [5.74, 6) is 1.88. The molecule has 1 heterocycles. The van der Waals surface area contributed by atoms with Crippen molar-refractivity contribution >= 4 is 11.8 Å². The number of nitrogens with one attached hydrogen (secondary N) is 1. The summed E-state index contributed by atoms with van der Waals surface area (Å²) in [6.07, 6.45) is 1.14. The molecule has 0 spiro atoms. The van der Waals surface area contributed by atoms with Crippen molar-refractivity contribution in [1.82, 2.24) is 9.97 Å².